The van der Waals surface area contributed by atoms with Crippen LogP contribution in [0.2, 0.25) is 0 Å². The van der Waals surface area contributed by atoms with Gasteiger partial charge in [-0.05, 0) is 12.1 Å². The summed E-state index contributed by atoms with van der Waals surface area (Å²) in [5.41, 5.74) is 0.513. The van der Waals surface area contributed by atoms with E-state index >= 15 is 0 Å². The van der Waals surface area contributed by atoms with Gasteiger partial charge in [-0.25, -0.2) is 4.98 Å². The number of para-hydroxylation sites is 1. The fourth-order valence-corrected chi connectivity index (χ4v) is 2.58. The molecule has 2 aromatic heterocycles. The van der Waals surface area contributed by atoms with Crippen molar-refractivity contribution < 1.29 is 18.0 Å². The first kappa shape index (κ1) is 16.9. The zero-order chi connectivity index (χ0) is 18.0. The number of benzene rings is 1. The number of aromatic nitrogens is 3. The number of carbonyl (C=O) groups excluding carboxylic acids is 1. The Labute approximate surface area is 141 Å². The van der Waals surface area contributed by atoms with Crippen molar-refractivity contribution in [3.63, 3.8) is 0 Å². The molecular formula is C17H15F3N4O. The lowest BCUT2D eigenvalue weighted by Crippen LogP contribution is -2.39. The Morgan fingerprint density at radius 2 is 1.92 bits per heavy atom. The lowest BCUT2D eigenvalue weighted by Gasteiger charge is -2.24. The van der Waals surface area contributed by atoms with Crippen molar-refractivity contribution >= 4 is 16.8 Å². The van der Waals surface area contributed by atoms with Crippen LogP contribution in [-0.4, -0.2) is 38.1 Å². The van der Waals surface area contributed by atoms with Crippen LogP contribution in [0.1, 0.15) is 16.2 Å². The van der Waals surface area contributed by atoms with Crippen molar-refractivity contribution in [1.29, 1.82) is 0 Å². The fraction of sp³-hybridized carbons (Fsp3) is 0.235. The van der Waals surface area contributed by atoms with Gasteiger partial charge in [-0.15, -0.1) is 0 Å². The summed E-state index contributed by atoms with van der Waals surface area (Å²) < 4.78 is 40.5. The summed E-state index contributed by atoms with van der Waals surface area (Å²) in [4.78, 5) is 21.7. The second kappa shape index (κ2) is 6.54. The number of imidazole rings is 1. The van der Waals surface area contributed by atoms with Gasteiger partial charge in [0.05, 0.1) is 17.6 Å². The maximum Gasteiger partial charge on any atom is 0.406 e. The van der Waals surface area contributed by atoms with Gasteiger partial charge >= 0.3 is 6.18 Å². The average molecular weight is 348 g/mol. The molecule has 0 aliphatic rings. The average Bonchev–Trinajstić information content (AvgIpc) is 2.97. The second-order valence-electron chi connectivity index (χ2n) is 5.61. The number of alkyl halides is 3. The van der Waals surface area contributed by atoms with Crippen LogP contribution in [0.4, 0.5) is 13.2 Å². The Balaban J connectivity index is 1.99. The molecule has 3 aromatic rings. The number of aryl methyl sites for hydroxylation is 1. The molecule has 0 N–H and O–H groups in total. The molecule has 0 saturated heterocycles. The van der Waals surface area contributed by atoms with Gasteiger partial charge in [-0.1, -0.05) is 18.2 Å². The fourth-order valence-electron chi connectivity index (χ4n) is 2.58. The van der Waals surface area contributed by atoms with Gasteiger partial charge < -0.3 is 9.47 Å². The van der Waals surface area contributed by atoms with Gasteiger partial charge in [0.15, 0.2) is 0 Å². The molecule has 5 nitrogen and oxygen atoms in total. The highest BCUT2D eigenvalue weighted by Gasteiger charge is 2.34. The van der Waals surface area contributed by atoms with E-state index in [1.54, 1.807) is 42.1 Å². The first-order valence-corrected chi connectivity index (χ1v) is 7.51. The summed E-state index contributed by atoms with van der Waals surface area (Å²) in [6.45, 7) is -1.60. The molecule has 1 amide bonds. The number of pyridine rings is 1. The summed E-state index contributed by atoms with van der Waals surface area (Å²) in [7, 11) is 1.66. The van der Waals surface area contributed by atoms with E-state index in [0.29, 0.717) is 16.7 Å². The van der Waals surface area contributed by atoms with Crippen molar-refractivity contribution in [2.24, 2.45) is 7.05 Å². The Hall–Kier alpha value is -2.90. The number of amides is 1. The van der Waals surface area contributed by atoms with Crippen LogP contribution >= 0.6 is 0 Å². The predicted molar refractivity (Wildman–Crippen MR) is 85.7 cm³/mol. The minimum Gasteiger partial charge on any atom is -0.337 e. The zero-order valence-corrected chi connectivity index (χ0v) is 13.4. The van der Waals surface area contributed by atoms with Crippen LogP contribution in [0.5, 0.6) is 0 Å². The molecule has 0 radical (unpaired) electrons. The largest absolute Gasteiger partial charge is 0.406 e. The van der Waals surface area contributed by atoms with Gasteiger partial charge in [0.25, 0.3) is 5.91 Å². The number of fused-ring (bicyclic) bond motifs is 1. The first-order chi connectivity index (χ1) is 11.8. The number of halogens is 3. The van der Waals surface area contributed by atoms with Crippen LogP contribution in [0.3, 0.4) is 0 Å². The molecule has 130 valence electrons. The highest BCUT2D eigenvalue weighted by molar-refractivity contribution is 6.05. The second-order valence-corrected chi connectivity index (χ2v) is 5.61. The van der Waals surface area contributed by atoms with Gasteiger partial charge in [-0.3, -0.25) is 9.78 Å². The zero-order valence-electron chi connectivity index (χ0n) is 13.4. The van der Waals surface area contributed by atoms with Crippen molar-refractivity contribution in [2.75, 3.05) is 6.54 Å². The molecule has 8 heteroatoms. The Morgan fingerprint density at radius 3 is 2.60 bits per heavy atom. The Morgan fingerprint density at radius 1 is 1.16 bits per heavy atom. The summed E-state index contributed by atoms with van der Waals surface area (Å²) in [5, 5.41) is 0.692. The lowest BCUT2D eigenvalue weighted by atomic mass is 10.1. The van der Waals surface area contributed by atoms with E-state index in [0.717, 1.165) is 4.90 Å². The molecule has 25 heavy (non-hydrogen) atoms. The van der Waals surface area contributed by atoms with E-state index in [9.17, 15) is 18.0 Å². The van der Waals surface area contributed by atoms with Gasteiger partial charge in [0.2, 0.25) is 0 Å². The first-order valence-electron chi connectivity index (χ1n) is 7.51. The van der Waals surface area contributed by atoms with Crippen molar-refractivity contribution in [1.82, 2.24) is 19.4 Å². The molecular weight excluding hydrogens is 333 g/mol. The smallest absolute Gasteiger partial charge is 0.337 e. The van der Waals surface area contributed by atoms with Crippen LogP contribution in [-0.2, 0) is 13.6 Å². The molecule has 0 spiro atoms. The summed E-state index contributed by atoms with van der Waals surface area (Å²) in [5.74, 6) is -0.365. The van der Waals surface area contributed by atoms with Crippen LogP contribution in [0.25, 0.3) is 10.9 Å². The molecule has 2 heterocycles. The van der Waals surface area contributed by atoms with Crippen LogP contribution in [0.15, 0.2) is 48.9 Å². The van der Waals surface area contributed by atoms with E-state index < -0.39 is 18.6 Å². The standard InChI is InChI=1S/C17H15F3N4O/c1-23-9-8-21-14(23)10-24(11-17(18,19)20)16(25)13-6-2-4-12-5-3-7-22-15(12)13/h2-9H,10-11H2,1H3. The monoisotopic (exact) mass is 348 g/mol. The Kier molecular flexibility index (Phi) is 4.43. The number of carbonyl (C=O) groups is 1. The number of nitrogens with zero attached hydrogens (tertiary/aromatic N) is 4. The molecule has 0 fully saturated rings. The summed E-state index contributed by atoms with van der Waals surface area (Å²) in [6.07, 6.45) is 0.0842. The third-order valence-electron chi connectivity index (χ3n) is 3.77. The van der Waals surface area contributed by atoms with Gasteiger partial charge in [-0.2, -0.15) is 13.2 Å². The maximum absolute atomic E-state index is 13.0. The van der Waals surface area contributed by atoms with Gasteiger partial charge in [0, 0.05) is 31.0 Å². The highest BCUT2D eigenvalue weighted by Crippen LogP contribution is 2.22. The number of hydrogen-bond donors (Lipinski definition) is 0. The molecule has 0 bridgehead atoms. The van der Waals surface area contributed by atoms with E-state index in [4.69, 9.17) is 0 Å². The van der Waals surface area contributed by atoms with Crippen LogP contribution < -0.4 is 0 Å². The van der Waals surface area contributed by atoms with Crippen molar-refractivity contribution in [3.8, 4) is 0 Å². The van der Waals surface area contributed by atoms with E-state index in [1.165, 1.54) is 18.5 Å². The minimum absolute atomic E-state index is 0.136. The van der Waals surface area contributed by atoms with Crippen molar-refractivity contribution in [3.05, 3.63) is 60.3 Å². The quantitative estimate of drug-likeness (QED) is 0.728. The topological polar surface area (TPSA) is 51.0 Å². The third-order valence-corrected chi connectivity index (χ3v) is 3.77. The normalized spacial score (nSPS) is 11.7. The van der Waals surface area contributed by atoms with E-state index in [-0.39, 0.29) is 12.1 Å². The maximum atomic E-state index is 13.0. The Bertz CT molecular complexity index is 899. The molecule has 0 saturated carbocycles. The molecule has 0 atom stereocenters. The third kappa shape index (κ3) is 3.78. The van der Waals surface area contributed by atoms with Gasteiger partial charge in [0.1, 0.15) is 12.4 Å². The predicted octanol–water partition coefficient (Wildman–Crippen LogP) is 3.17. The number of hydrogen-bond acceptors (Lipinski definition) is 3. The molecule has 0 aliphatic heterocycles. The van der Waals surface area contributed by atoms with E-state index in [2.05, 4.69) is 9.97 Å². The van der Waals surface area contributed by atoms with Crippen LogP contribution in [0, 0.1) is 0 Å². The number of rotatable bonds is 4. The molecule has 1 aromatic carbocycles. The highest BCUT2D eigenvalue weighted by atomic mass is 19.4. The molecule has 3 rings (SSSR count). The van der Waals surface area contributed by atoms with E-state index in [1.807, 2.05) is 0 Å². The molecule has 0 aliphatic carbocycles. The minimum atomic E-state index is -4.52. The van der Waals surface area contributed by atoms with Crippen molar-refractivity contribution in [2.45, 2.75) is 12.7 Å². The lowest BCUT2D eigenvalue weighted by molar-refractivity contribution is -0.141. The SMILES string of the molecule is Cn1ccnc1CN(CC(F)(F)F)C(=O)c1cccc2cccnc12. The summed E-state index contributed by atoms with van der Waals surface area (Å²) in [6, 6.07) is 8.33. The molecule has 0 unspecified atom stereocenters. The summed E-state index contributed by atoms with van der Waals surface area (Å²) >= 11 is 0.